The monoisotopic (exact) mass is 342 g/mol. The number of aromatic nitrogens is 1. The number of halogens is 2. The van der Waals surface area contributed by atoms with E-state index in [2.05, 4.69) is 21.1 Å². The van der Waals surface area contributed by atoms with Gasteiger partial charge in [0, 0.05) is 22.6 Å². The fourth-order valence-electron chi connectivity index (χ4n) is 1.67. The Morgan fingerprint density at radius 2 is 2.21 bits per heavy atom. The lowest BCUT2D eigenvalue weighted by Crippen LogP contribution is -2.26. The van der Waals surface area contributed by atoms with Crippen molar-refractivity contribution in [3.8, 4) is 0 Å². The zero-order chi connectivity index (χ0) is 14.0. The Morgan fingerprint density at radius 1 is 1.47 bits per heavy atom. The molecule has 0 aliphatic rings. The van der Waals surface area contributed by atoms with Gasteiger partial charge < -0.3 is 9.42 Å². The van der Waals surface area contributed by atoms with Crippen LogP contribution in [0.15, 0.2) is 33.3 Å². The van der Waals surface area contributed by atoms with Gasteiger partial charge in [-0.2, -0.15) is 0 Å². The summed E-state index contributed by atoms with van der Waals surface area (Å²) < 4.78 is 5.69. The lowest BCUT2D eigenvalue weighted by Gasteiger charge is -2.16. The molecule has 0 saturated heterocycles. The summed E-state index contributed by atoms with van der Waals surface area (Å²) >= 11 is 9.26. The Kier molecular flexibility index (Phi) is 4.27. The van der Waals surface area contributed by atoms with Gasteiger partial charge >= 0.3 is 0 Å². The second kappa shape index (κ2) is 5.75. The van der Waals surface area contributed by atoms with Crippen LogP contribution in [0.4, 0.5) is 0 Å². The molecule has 0 bridgehead atoms. The van der Waals surface area contributed by atoms with E-state index in [0.29, 0.717) is 27.3 Å². The minimum absolute atomic E-state index is 0.130. The van der Waals surface area contributed by atoms with E-state index in [4.69, 9.17) is 16.1 Å². The quantitative estimate of drug-likeness (QED) is 0.854. The molecule has 0 aliphatic heterocycles. The maximum absolute atomic E-state index is 12.3. The van der Waals surface area contributed by atoms with E-state index >= 15 is 0 Å². The first kappa shape index (κ1) is 14.1. The molecule has 1 aromatic carbocycles. The van der Waals surface area contributed by atoms with Crippen molar-refractivity contribution < 1.29 is 9.32 Å². The van der Waals surface area contributed by atoms with Crippen LogP contribution in [-0.2, 0) is 6.54 Å². The lowest BCUT2D eigenvalue weighted by atomic mass is 10.2. The van der Waals surface area contributed by atoms with Crippen LogP contribution in [0.3, 0.4) is 0 Å². The van der Waals surface area contributed by atoms with E-state index in [-0.39, 0.29) is 5.91 Å². The molecular formula is C13H12BrClN2O2. The van der Waals surface area contributed by atoms with E-state index in [9.17, 15) is 4.79 Å². The largest absolute Gasteiger partial charge is 0.361 e. The highest BCUT2D eigenvalue weighted by molar-refractivity contribution is 9.10. The zero-order valence-corrected chi connectivity index (χ0v) is 12.8. The summed E-state index contributed by atoms with van der Waals surface area (Å²) in [5.41, 5.74) is 1.24. The molecule has 0 atom stereocenters. The summed E-state index contributed by atoms with van der Waals surface area (Å²) in [5.74, 6) is 0.592. The van der Waals surface area contributed by atoms with Crippen LogP contribution in [-0.4, -0.2) is 23.0 Å². The molecule has 0 fully saturated rings. The van der Waals surface area contributed by atoms with Gasteiger partial charge in [0.05, 0.1) is 12.1 Å². The third-order valence-electron chi connectivity index (χ3n) is 2.58. The van der Waals surface area contributed by atoms with Gasteiger partial charge in [-0.25, -0.2) is 0 Å². The van der Waals surface area contributed by atoms with Crippen molar-refractivity contribution in [3.63, 3.8) is 0 Å². The van der Waals surface area contributed by atoms with Crippen LogP contribution in [0.2, 0.25) is 5.02 Å². The number of rotatable bonds is 3. The predicted molar refractivity (Wildman–Crippen MR) is 76.2 cm³/mol. The van der Waals surface area contributed by atoms with Gasteiger partial charge in [-0.15, -0.1) is 0 Å². The van der Waals surface area contributed by atoms with Crippen LogP contribution in [0.5, 0.6) is 0 Å². The molecule has 0 N–H and O–H groups in total. The predicted octanol–water partition coefficient (Wildman–Crippen LogP) is 3.67. The van der Waals surface area contributed by atoms with E-state index in [1.165, 1.54) is 0 Å². The van der Waals surface area contributed by atoms with Crippen LogP contribution < -0.4 is 0 Å². The molecule has 4 nitrogen and oxygen atoms in total. The van der Waals surface area contributed by atoms with E-state index in [1.807, 2.05) is 6.92 Å². The fraction of sp³-hybridized carbons (Fsp3) is 0.231. The van der Waals surface area contributed by atoms with Crippen molar-refractivity contribution in [2.45, 2.75) is 13.5 Å². The third kappa shape index (κ3) is 3.36. The number of benzene rings is 1. The Morgan fingerprint density at radius 3 is 2.84 bits per heavy atom. The summed E-state index contributed by atoms with van der Waals surface area (Å²) in [6.07, 6.45) is 0. The third-order valence-corrected chi connectivity index (χ3v) is 3.51. The number of carbonyl (C=O) groups is 1. The summed E-state index contributed by atoms with van der Waals surface area (Å²) in [6, 6.07) is 6.92. The molecule has 19 heavy (non-hydrogen) atoms. The highest BCUT2D eigenvalue weighted by Crippen LogP contribution is 2.22. The molecule has 1 aromatic heterocycles. The van der Waals surface area contributed by atoms with Crippen molar-refractivity contribution >= 4 is 33.4 Å². The number of aryl methyl sites for hydroxylation is 1. The molecule has 6 heteroatoms. The van der Waals surface area contributed by atoms with Gasteiger partial charge in [-0.1, -0.05) is 16.8 Å². The van der Waals surface area contributed by atoms with Gasteiger partial charge in [0.1, 0.15) is 11.5 Å². The normalized spacial score (nSPS) is 10.5. The van der Waals surface area contributed by atoms with E-state index in [1.54, 1.807) is 36.2 Å². The van der Waals surface area contributed by atoms with Gasteiger partial charge in [-0.05, 0) is 41.1 Å². The molecular weight excluding hydrogens is 332 g/mol. The number of carbonyl (C=O) groups excluding carboxylic acids is 1. The maximum Gasteiger partial charge on any atom is 0.255 e. The Balaban J connectivity index is 2.16. The Labute approximate surface area is 124 Å². The van der Waals surface area contributed by atoms with Crippen molar-refractivity contribution in [1.29, 1.82) is 0 Å². The van der Waals surface area contributed by atoms with Crippen LogP contribution in [0, 0.1) is 6.92 Å². The average Bonchev–Trinajstić information content (AvgIpc) is 2.77. The van der Waals surface area contributed by atoms with Crippen molar-refractivity contribution in [3.05, 3.63) is 50.8 Å². The highest BCUT2D eigenvalue weighted by atomic mass is 79.9. The molecule has 0 unspecified atom stereocenters. The second-order valence-electron chi connectivity index (χ2n) is 4.21. The van der Waals surface area contributed by atoms with Gasteiger partial charge in [0.2, 0.25) is 0 Å². The van der Waals surface area contributed by atoms with Crippen molar-refractivity contribution in [2.24, 2.45) is 0 Å². The highest BCUT2D eigenvalue weighted by Gasteiger charge is 2.16. The molecule has 1 heterocycles. The minimum atomic E-state index is -0.130. The molecule has 0 spiro atoms. The lowest BCUT2D eigenvalue weighted by molar-refractivity contribution is 0.0781. The number of hydrogen-bond donors (Lipinski definition) is 0. The first-order valence-corrected chi connectivity index (χ1v) is 6.77. The minimum Gasteiger partial charge on any atom is -0.361 e. The van der Waals surface area contributed by atoms with Gasteiger partial charge in [0.25, 0.3) is 5.91 Å². The second-order valence-corrected chi connectivity index (χ2v) is 5.51. The smallest absolute Gasteiger partial charge is 0.255 e. The first-order valence-electron chi connectivity index (χ1n) is 5.60. The molecule has 1 amide bonds. The topological polar surface area (TPSA) is 46.3 Å². The molecule has 2 rings (SSSR count). The van der Waals surface area contributed by atoms with E-state index < -0.39 is 0 Å². The standard InChI is InChI=1S/C13H12BrClN2O2/c1-8-5-10(16-19-8)7-17(2)13(18)11-6-9(15)3-4-12(11)14/h3-6H,7H2,1-2H3. The molecule has 0 aliphatic carbocycles. The van der Waals surface area contributed by atoms with Crippen molar-refractivity contribution in [1.82, 2.24) is 10.1 Å². The summed E-state index contributed by atoms with van der Waals surface area (Å²) in [6.45, 7) is 2.20. The van der Waals surface area contributed by atoms with Crippen LogP contribution in [0.1, 0.15) is 21.8 Å². The van der Waals surface area contributed by atoms with E-state index in [0.717, 1.165) is 5.76 Å². The summed E-state index contributed by atoms with van der Waals surface area (Å²) in [5, 5.41) is 4.39. The molecule has 0 saturated carbocycles. The zero-order valence-electron chi connectivity index (χ0n) is 10.5. The summed E-state index contributed by atoms with van der Waals surface area (Å²) in [4.78, 5) is 13.9. The molecule has 0 radical (unpaired) electrons. The van der Waals surface area contributed by atoms with Crippen molar-refractivity contribution in [2.75, 3.05) is 7.05 Å². The van der Waals surface area contributed by atoms with Gasteiger partial charge in [0.15, 0.2) is 0 Å². The summed E-state index contributed by atoms with van der Waals surface area (Å²) in [7, 11) is 1.71. The Hall–Kier alpha value is -1.33. The number of hydrogen-bond acceptors (Lipinski definition) is 3. The fourth-order valence-corrected chi connectivity index (χ4v) is 2.26. The first-order chi connectivity index (χ1) is 8.97. The Bertz CT molecular complexity index is 612. The number of nitrogens with zero attached hydrogens (tertiary/aromatic N) is 2. The SMILES string of the molecule is Cc1cc(CN(C)C(=O)c2cc(Cl)ccc2Br)no1. The maximum atomic E-state index is 12.3. The number of amides is 1. The average molecular weight is 344 g/mol. The molecule has 2 aromatic rings. The van der Waals surface area contributed by atoms with Crippen LogP contribution in [0.25, 0.3) is 0 Å². The molecule has 100 valence electrons. The van der Waals surface area contributed by atoms with Gasteiger partial charge in [-0.3, -0.25) is 4.79 Å². The van der Waals surface area contributed by atoms with Crippen LogP contribution >= 0.6 is 27.5 Å².